The predicted molar refractivity (Wildman–Crippen MR) is 77.4 cm³/mol. The van der Waals surface area contributed by atoms with Crippen LogP contribution in [0.2, 0.25) is 0 Å². The van der Waals surface area contributed by atoms with Crippen LogP contribution in [-0.2, 0) is 0 Å². The van der Waals surface area contributed by atoms with E-state index in [0.29, 0.717) is 5.56 Å². The van der Waals surface area contributed by atoms with Crippen LogP contribution in [0.15, 0.2) is 64.8 Å². The van der Waals surface area contributed by atoms with Crippen LogP contribution >= 0.6 is 11.8 Å². The monoisotopic (exact) mass is 268 g/mol. The van der Waals surface area contributed by atoms with Crippen LogP contribution < -0.4 is 4.90 Å². The van der Waals surface area contributed by atoms with Crippen LogP contribution in [0.1, 0.15) is 10.4 Å². The number of anilines is 1. The number of fused-ring (bicyclic) bond motifs is 1. The molecule has 1 aliphatic rings. The number of hydrogen-bond donors (Lipinski definition) is 0. The summed E-state index contributed by atoms with van der Waals surface area (Å²) >= 11 is 1.62. The number of benzene rings is 1. The summed E-state index contributed by atoms with van der Waals surface area (Å²) in [6, 6.07) is 11.6. The van der Waals surface area contributed by atoms with Crippen LogP contribution in [0, 0.1) is 0 Å². The zero-order valence-corrected chi connectivity index (χ0v) is 11.2. The summed E-state index contributed by atoms with van der Waals surface area (Å²) in [5.74, 6) is 0.00422. The van der Waals surface area contributed by atoms with Gasteiger partial charge in [-0.15, -0.1) is 0 Å². The molecule has 2 heterocycles. The maximum atomic E-state index is 12.2. The molecule has 1 aliphatic heterocycles. The second-order valence-electron chi connectivity index (χ2n) is 4.21. The van der Waals surface area contributed by atoms with E-state index in [0.717, 1.165) is 10.7 Å². The summed E-state index contributed by atoms with van der Waals surface area (Å²) in [6.07, 6.45) is 4.94. The van der Waals surface area contributed by atoms with Gasteiger partial charge in [-0.25, -0.2) is 0 Å². The average Bonchev–Trinajstić information content (AvgIpc) is 2.77. The topological polar surface area (TPSA) is 33.2 Å². The van der Waals surface area contributed by atoms with Gasteiger partial charge in [-0.05, 0) is 24.3 Å². The molecule has 94 valence electrons. The van der Waals surface area contributed by atoms with Crippen molar-refractivity contribution in [1.82, 2.24) is 4.98 Å². The van der Waals surface area contributed by atoms with Crippen molar-refractivity contribution in [3.05, 3.63) is 65.5 Å². The molecule has 0 spiro atoms. The first-order chi connectivity index (χ1) is 9.25. The second kappa shape index (κ2) is 4.90. The van der Waals surface area contributed by atoms with Crippen LogP contribution in [-0.4, -0.2) is 17.8 Å². The first-order valence-electron chi connectivity index (χ1n) is 5.92. The van der Waals surface area contributed by atoms with Gasteiger partial charge >= 0.3 is 0 Å². The predicted octanol–water partition coefficient (Wildman–Crippen LogP) is 3.35. The summed E-state index contributed by atoms with van der Waals surface area (Å²) < 4.78 is 0. The van der Waals surface area contributed by atoms with Crippen molar-refractivity contribution in [2.45, 2.75) is 4.90 Å². The number of carbonyl (C=O) groups excluding carboxylic acids is 1. The maximum absolute atomic E-state index is 12.2. The molecule has 0 N–H and O–H groups in total. The van der Waals surface area contributed by atoms with Gasteiger partial charge < -0.3 is 4.90 Å². The van der Waals surface area contributed by atoms with Crippen molar-refractivity contribution >= 4 is 23.2 Å². The molecular weight excluding hydrogens is 256 g/mol. The molecule has 4 heteroatoms. The van der Waals surface area contributed by atoms with Gasteiger partial charge in [0, 0.05) is 36.0 Å². The van der Waals surface area contributed by atoms with E-state index < -0.39 is 0 Å². The maximum Gasteiger partial charge on any atom is 0.188 e. The third-order valence-electron chi connectivity index (χ3n) is 2.99. The fourth-order valence-corrected chi connectivity index (χ4v) is 3.04. The Morgan fingerprint density at radius 3 is 2.68 bits per heavy atom. The highest BCUT2D eigenvalue weighted by molar-refractivity contribution is 8.03. The summed E-state index contributed by atoms with van der Waals surface area (Å²) in [5, 5.41) is 0.947. The SMILES string of the molecule is CN1C(=CC(=O)c2ccncc2)Sc2ccccc21. The highest BCUT2D eigenvalue weighted by Crippen LogP contribution is 2.44. The number of pyridine rings is 1. The first-order valence-corrected chi connectivity index (χ1v) is 6.74. The number of carbonyl (C=O) groups is 1. The lowest BCUT2D eigenvalue weighted by molar-refractivity contribution is 0.104. The molecule has 0 saturated carbocycles. The van der Waals surface area contributed by atoms with Crippen LogP contribution in [0.4, 0.5) is 5.69 Å². The Bertz CT molecular complexity index is 652. The number of ketones is 1. The van der Waals surface area contributed by atoms with Crippen molar-refractivity contribution < 1.29 is 4.79 Å². The minimum Gasteiger partial charge on any atom is -0.338 e. The van der Waals surface area contributed by atoms with Gasteiger partial charge in [0.05, 0.1) is 10.7 Å². The van der Waals surface area contributed by atoms with Crippen LogP contribution in [0.5, 0.6) is 0 Å². The first kappa shape index (κ1) is 12.0. The molecule has 0 fully saturated rings. The van der Waals surface area contributed by atoms with Gasteiger partial charge in [0.25, 0.3) is 0 Å². The lowest BCUT2D eigenvalue weighted by atomic mass is 10.2. The molecule has 0 amide bonds. The zero-order chi connectivity index (χ0) is 13.2. The Hall–Kier alpha value is -2.07. The number of rotatable bonds is 2. The highest BCUT2D eigenvalue weighted by Gasteiger charge is 2.22. The molecule has 2 aromatic rings. The molecule has 0 saturated heterocycles. The number of aromatic nitrogens is 1. The zero-order valence-electron chi connectivity index (χ0n) is 10.4. The van der Waals surface area contributed by atoms with E-state index in [1.54, 1.807) is 42.4 Å². The fourth-order valence-electron chi connectivity index (χ4n) is 1.96. The standard InChI is InChI=1S/C15H12N2OS/c1-17-12-4-2-3-5-14(12)19-15(17)10-13(18)11-6-8-16-9-7-11/h2-10H,1H3. The smallest absolute Gasteiger partial charge is 0.188 e. The van der Waals surface area contributed by atoms with Gasteiger partial charge in [-0.2, -0.15) is 0 Å². The van der Waals surface area contributed by atoms with Crippen molar-refractivity contribution in [1.29, 1.82) is 0 Å². The summed E-state index contributed by atoms with van der Waals surface area (Å²) in [5.41, 5.74) is 1.80. The minimum atomic E-state index is 0.00422. The van der Waals surface area contributed by atoms with Crippen LogP contribution in [0.25, 0.3) is 0 Å². The van der Waals surface area contributed by atoms with Gasteiger partial charge in [0.1, 0.15) is 0 Å². The Labute approximate surface area is 116 Å². The lowest BCUT2D eigenvalue weighted by Gasteiger charge is -2.12. The Morgan fingerprint density at radius 1 is 1.21 bits per heavy atom. The van der Waals surface area contributed by atoms with Crippen molar-refractivity contribution in [2.75, 3.05) is 11.9 Å². The van der Waals surface area contributed by atoms with E-state index in [4.69, 9.17) is 0 Å². The summed E-state index contributed by atoms with van der Waals surface area (Å²) in [6.45, 7) is 0. The van der Waals surface area contributed by atoms with E-state index in [2.05, 4.69) is 17.1 Å². The molecular formula is C15H12N2OS. The van der Waals surface area contributed by atoms with E-state index in [-0.39, 0.29) is 5.78 Å². The van der Waals surface area contributed by atoms with Crippen molar-refractivity contribution in [3.63, 3.8) is 0 Å². The molecule has 0 aliphatic carbocycles. The van der Waals surface area contributed by atoms with Crippen molar-refractivity contribution in [3.8, 4) is 0 Å². The Kier molecular flexibility index (Phi) is 3.09. The largest absolute Gasteiger partial charge is 0.338 e. The summed E-state index contributed by atoms with van der Waals surface area (Å²) in [4.78, 5) is 19.3. The molecule has 3 rings (SSSR count). The van der Waals surface area contributed by atoms with E-state index >= 15 is 0 Å². The lowest BCUT2D eigenvalue weighted by Crippen LogP contribution is -2.11. The molecule has 1 aromatic carbocycles. The Balaban J connectivity index is 1.89. The number of thioether (sulfide) groups is 1. The molecule has 0 atom stereocenters. The van der Waals surface area contributed by atoms with Crippen molar-refractivity contribution in [2.24, 2.45) is 0 Å². The van der Waals surface area contributed by atoms with E-state index in [9.17, 15) is 4.79 Å². The van der Waals surface area contributed by atoms with Gasteiger partial charge in [0.2, 0.25) is 0 Å². The number of nitrogens with zero attached hydrogens (tertiary/aromatic N) is 2. The normalized spacial score (nSPS) is 15.6. The average molecular weight is 268 g/mol. The van der Waals surface area contributed by atoms with Gasteiger partial charge in [0.15, 0.2) is 5.78 Å². The van der Waals surface area contributed by atoms with E-state index in [1.807, 2.05) is 24.1 Å². The molecule has 19 heavy (non-hydrogen) atoms. The summed E-state index contributed by atoms with van der Waals surface area (Å²) in [7, 11) is 1.98. The molecule has 0 bridgehead atoms. The number of allylic oxidation sites excluding steroid dienone is 1. The number of para-hydroxylation sites is 1. The van der Waals surface area contributed by atoms with E-state index in [1.165, 1.54) is 4.90 Å². The molecule has 1 aromatic heterocycles. The molecule has 0 unspecified atom stereocenters. The van der Waals surface area contributed by atoms with Crippen LogP contribution in [0.3, 0.4) is 0 Å². The third kappa shape index (κ3) is 2.27. The second-order valence-corrected chi connectivity index (χ2v) is 5.27. The molecule has 3 nitrogen and oxygen atoms in total. The quantitative estimate of drug-likeness (QED) is 0.618. The number of hydrogen-bond acceptors (Lipinski definition) is 4. The Morgan fingerprint density at radius 2 is 1.95 bits per heavy atom. The highest BCUT2D eigenvalue weighted by atomic mass is 32.2. The van der Waals surface area contributed by atoms with Gasteiger partial charge in [-0.3, -0.25) is 9.78 Å². The fraction of sp³-hybridized carbons (Fsp3) is 0.0667. The van der Waals surface area contributed by atoms with Gasteiger partial charge in [-0.1, -0.05) is 23.9 Å². The third-order valence-corrected chi connectivity index (χ3v) is 4.16. The minimum absolute atomic E-state index is 0.00422. The molecule has 0 radical (unpaired) electrons.